The number of hydrogen-bond donors (Lipinski definition) is 0. The summed E-state index contributed by atoms with van der Waals surface area (Å²) in [7, 11) is 0. The van der Waals surface area contributed by atoms with Crippen molar-refractivity contribution in [2.45, 2.75) is 0 Å². The largest absolute Gasteiger partial charge is 0.456 e. The molecule has 0 atom stereocenters. The fraction of sp³-hybridized carbons (Fsp3) is 0. The van der Waals surface area contributed by atoms with E-state index < -0.39 is 6.04 Å². The standard InChI is InChI=1S/C44H28O/c1-3-13-29(14-4-1)31-17-11-18-32(27-31)42-35-19-7-9-21-37(35)43(38-22-10-8-20-36(38)42)33-25-26-39-41(28-33)45-40-24-12-23-34(44(39)40)30-15-5-2-6-16-30/h1-28H/i2D,5D,6D,15D,16D. The second-order valence-corrected chi connectivity index (χ2v) is 11.3. The van der Waals surface area contributed by atoms with E-state index in [9.17, 15) is 0 Å². The molecule has 0 unspecified atom stereocenters. The SMILES string of the molecule is [2H]c1c([2H])c([2H])c(-c2cccc3oc4cc(-c5c6ccccc6c(-c6cccc(-c7ccccc7)c6)c6ccccc56)ccc4c23)c([2H])c1[2H]. The first-order valence-corrected chi connectivity index (χ1v) is 15.0. The molecule has 0 saturated carbocycles. The molecular weight excluding hydrogens is 544 g/mol. The van der Waals surface area contributed by atoms with Crippen LogP contribution >= 0.6 is 0 Å². The van der Waals surface area contributed by atoms with Crippen LogP contribution in [0.2, 0.25) is 0 Å². The highest BCUT2D eigenvalue weighted by Crippen LogP contribution is 2.45. The van der Waals surface area contributed by atoms with Gasteiger partial charge in [0, 0.05) is 10.8 Å². The second-order valence-electron chi connectivity index (χ2n) is 11.3. The molecule has 1 aromatic heterocycles. The first kappa shape index (κ1) is 20.9. The van der Waals surface area contributed by atoms with Gasteiger partial charge < -0.3 is 4.42 Å². The first-order valence-electron chi connectivity index (χ1n) is 17.5. The average molecular weight is 578 g/mol. The van der Waals surface area contributed by atoms with Crippen molar-refractivity contribution in [2.75, 3.05) is 0 Å². The summed E-state index contributed by atoms with van der Waals surface area (Å²) in [5, 5.41) is 6.09. The lowest BCUT2D eigenvalue weighted by Crippen LogP contribution is -1.91. The van der Waals surface area contributed by atoms with Crippen LogP contribution in [0.3, 0.4) is 0 Å². The Morgan fingerprint density at radius 1 is 0.378 bits per heavy atom. The number of fused-ring (bicyclic) bond motifs is 5. The Morgan fingerprint density at radius 3 is 1.64 bits per heavy atom. The van der Waals surface area contributed by atoms with Gasteiger partial charge in [0.2, 0.25) is 0 Å². The van der Waals surface area contributed by atoms with Crippen LogP contribution in [0.4, 0.5) is 0 Å². The predicted octanol–water partition coefficient (Wildman–Crippen LogP) is 12.6. The van der Waals surface area contributed by atoms with Crippen molar-refractivity contribution >= 4 is 43.5 Å². The summed E-state index contributed by atoms with van der Waals surface area (Å²) in [6.45, 7) is 0. The second kappa shape index (κ2) is 10.4. The van der Waals surface area contributed by atoms with Crippen molar-refractivity contribution in [3.8, 4) is 44.5 Å². The number of benzene rings is 8. The summed E-state index contributed by atoms with van der Waals surface area (Å²) in [5.74, 6) is 0. The van der Waals surface area contributed by atoms with Crippen molar-refractivity contribution in [2.24, 2.45) is 0 Å². The zero-order valence-corrected chi connectivity index (χ0v) is 24.2. The summed E-state index contributed by atoms with van der Waals surface area (Å²) in [6, 6.07) is 46.3. The molecule has 210 valence electrons. The minimum atomic E-state index is -0.410. The Labute approximate surface area is 268 Å². The third-order valence-electron chi connectivity index (χ3n) is 8.74. The van der Waals surface area contributed by atoms with E-state index in [4.69, 9.17) is 11.3 Å². The molecule has 1 heteroatoms. The molecule has 0 bridgehead atoms. The third-order valence-corrected chi connectivity index (χ3v) is 8.74. The molecule has 0 aliphatic heterocycles. The highest BCUT2D eigenvalue weighted by molar-refractivity contribution is 6.22. The van der Waals surface area contributed by atoms with Crippen molar-refractivity contribution in [1.82, 2.24) is 0 Å². The van der Waals surface area contributed by atoms with Gasteiger partial charge in [-0.1, -0.05) is 145 Å². The zero-order chi connectivity index (χ0) is 34.1. The molecule has 8 aromatic carbocycles. The molecule has 0 N–H and O–H groups in total. The number of furan rings is 1. The smallest absolute Gasteiger partial charge is 0.136 e. The lowest BCUT2D eigenvalue weighted by Gasteiger charge is -2.18. The molecule has 9 rings (SSSR count). The Kier molecular flexibility index (Phi) is 4.81. The van der Waals surface area contributed by atoms with Crippen LogP contribution in [0.15, 0.2) is 174 Å². The van der Waals surface area contributed by atoms with Gasteiger partial charge in [-0.25, -0.2) is 0 Å². The van der Waals surface area contributed by atoms with Crippen LogP contribution < -0.4 is 0 Å². The maximum atomic E-state index is 8.64. The van der Waals surface area contributed by atoms with E-state index in [0.717, 1.165) is 49.0 Å². The highest BCUT2D eigenvalue weighted by Gasteiger charge is 2.19. The third kappa shape index (κ3) is 4.17. The van der Waals surface area contributed by atoms with Crippen LogP contribution in [-0.4, -0.2) is 0 Å². The predicted molar refractivity (Wildman–Crippen MR) is 190 cm³/mol. The quantitative estimate of drug-likeness (QED) is 0.190. The van der Waals surface area contributed by atoms with Gasteiger partial charge in [-0.15, -0.1) is 0 Å². The zero-order valence-electron chi connectivity index (χ0n) is 29.2. The van der Waals surface area contributed by atoms with Crippen LogP contribution in [0, 0.1) is 0 Å². The monoisotopic (exact) mass is 577 g/mol. The average Bonchev–Trinajstić information content (AvgIpc) is 3.54. The first-order chi connectivity index (χ1) is 24.4. The molecule has 0 amide bonds. The maximum Gasteiger partial charge on any atom is 0.136 e. The Balaban J connectivity index is 1.28. The Hall–Kier alpha value is -5.92. The molecule has 0 radical (unpaired) electrons. The maximum absolute atomic E-state index is 8.64. The van der Waals surface area contributed by atoms with Crippen molar-refractivity contribution in [1.29, 1.82) is 0 Å². The number of hydrogen-bond acceptors (Lipinski definition) is 1. The molecule has 0 saturated heterocycles. The van der Waals surface area contributed by atoms with Gasteiger partial charge >= 0.3 is 0 Å². The lowest BCUT2D eigenvalue weighted by atomic mass is 9.85. The molecular formula is C44H28O. The van der Waals surface area contributed by atoms with Crippen LogP contribution in [0.5, 0.6) is 0 Å². The van der Waals surface area contributed by atoms with Crippen LogP contribution in [0.1, 0.15) is 6.85 Å². The van der Waals surface area contributed by atoms with Gasteiger partial charge in [-0.2, -0.15) is 0 Å². The molecule has 0 fully saturated rings. The minimum Gasteiger partial charge on any atom is -0.456 e. The normalized spacial score (nSPS) is 13.1. The van der Waals surface area contributed by atoms with Crippen LogP contribution in [0.25, 0.3) is 88.0 Å². The van der Waals surface area contributed by atoms with Gasteiger partial charge in [0.05, 0.1) is 6.85 Å². The van der Waals surface area contributed by atoms with Gasteiger partial charge in [0.1, 0.15) is 11.2 Å². The van der Waals surface area contributed by atoms with Gasteiger partial charge in [0.15, 0.2) is 0 Å². The molecule has 0 aliphatic rings. The fourth-order valence-electron chi connectivity index (χ4n) is 6.81. The molecule has 45 heavy (non-hydrogen) atoms. The summed E-state index contributed by atoms with van der Waals surface area (Å²) in [5.41, 5.74) is 8.73. The summed E-state index contributed by atoms with van der Waals surface area (Å²) in [6.07, 6.45) is 0. The van der Waals surface area contributed by atoms with E-state index in [0.29, 0.717) is 16.7 Å². The summed E-state index contributed by atoms with van der Waals surface area (Å²) < 4.78 is 48.3. The Morgan fingerprint density at radius 2 is 0.956 bits per heavy atom. The molecule has 0 spiro atoms. The van der Waals surface area contributed by atoms with Crippen molar-refractivity contribution < 1.29 is 11.3 Å². The van der Waals surface area contributed by atoms with E-state index in [1.54, 1.807) is 12.1 Å². The van der Waals surface area contributed by atoms with Crippen molar-refractivity contribution in [3.05, 3.63) is 170 Å². The van der Waals surface area contributed by atoms with E-state index in [-0.39, 0.29) is 29.7 Å². The Bertz CT molecular complexity index is 2730. The molecule has 1 nitrogen and oxygen atoms in total. The minimum absolute atomic E-state index is 0.164. The number of rotatable bonds is 4. The highest BCUT2D eigenvalue weighted by atomic mass is 16.3. The lowest BCUT2D eigenvalue weighted by molar-refractivity contribution is 0.669. The summed E-state index contributed by atoms with van der Waals surface area (Å²) >= 11 is 0. The van der Waals surface area contributed by atoms with Crippen LogP contribution in [-0.2, 0) is 0 Å². The van der Waals surface area contributed by atoms with E-state index in [2.05, 4.69) is 109 Å². The molecule has 1 heterocycles. The van der Waals surface area contributed by atoms with E-state index in [1.165, 1.54) is 16.7 Å². The summed E-state index contributed by atoms with van der Waals surface area (Å²) in [4.78, 5) is 0. The van der Waals surface area contributed by atoms with Gasteiger partial charge in [-0.3, -0.25) is 0 Å². The van der Waals surface area contributed by atoms with E-state index >= 15 is 0 Å². The topological polar surface area (TPSA) is 13.1 Å². The van der Waals surface area contributed by atoms with Gasteiger partial charge in [0.25, 0.3) is 0 Å². The van der Waals surface area contributed by atoms with Gasteiger partial charge in [-0.05, 0) is 90.3 Å². The fourth-order valence-corrected chi connectivity index (χ4v) is 6.81. The molecule has 9 aromatic rings. The molecule has 0 aliphatic carbocycles. The van der Waals surface area contributed by atoms with Crippen molar-refractivity contribution in [3.63, 3.8) is 0 Å². The van der Waals surface area contributed by atoms with E-state index in [1.807, 2.05) is 18.2 Å².